The minimum atomic E-state index is -0.0919. The molecule has 0 aliphatic carbocycles. The maximum absolute atomic E-state index is 11.5. The number of fused-ring (bicyclic) bond motifs is 1. The number of Topliss-reactive ketones (excluding diaryl/α,β-unsaturated/α-hetero) is 1. The Morgan fingerprint density at radius 1 is 1.53 bits per heavy atom. The van der Waals surface area contributed by atoms with Gasteiger partial charge in [-0.25, -0.2) is 0 Å². The van der Waals surface area contributed by atoms with E-state index in [4.69, 9.17) is 5.73 Å². The molecule has 2 rings (SSSR count). The first-order valence-electron chi connectivity index (χ1n) is 4.67. The molecular weight excluding hydrogens is 190 g/mol. The van der Waals surface area contributed by atoms with Crippen LogP contribution in [0.25, 0.3) is 10.9 Å². The summed E-state index contributed by atoms with van der Waals surface area (Å²) in [7, 11) is 0. The Balaban J connectivity index is 2.67. The van der Waals surface area contributed by atoms with Gasteiger partial charge in [0.05, 0.1) is 12.1 Å². The van der Waals surface area contributed by atoms with E-state index in [1.807, 2.05) is 13.0 Å². The van der Waals surface area contributed by atoms with Gasteiger partial charge in [0, 0.05) is 29.0 Å². The molecule has 4 heteroatoms. The van der Waals surface area contributed by atoms with E-state index in [0.717, 1.165) is 10.9 Å². The highest BCUT2D eigenvalue weighted by Gasteiger charge is 2.09. The van der Waals surface area contributed by atoms with Gasteiger partial charge in [0.25, 0.3) is 0 Å². The molecule has 0 aliphatic rings. The van der Waals surface area contributed by atoms with Crippen molar-refractivity contribution in [2.75, 3.05) is 6.54 Å². The molecule has 0 radical (unpaired) electrons. The molecule has 0 aliphatic heterocycles. The van der Waals surface area contributed by atoms with E-state index in [1.165, 1.54) is 0 Å². The number of hydrogen-bond acceptors (Lipinski definition) is 4. The van der Waals surface area contributed by atoms with Gasteiger partial charge in [-0.05, 0) is 19.1 Å². The SMILES string of the molecule is Cc1nc2ccncc2cc1C(=O)CN. The Morgan fingerprint density at radius 3 is 3.07 bits per heavy atom. The minimum absolute atomic E-state index is 0.00822. The zero-order chi connectivity index (χ0) is 10.8. The van der Waals surface area contributed by atoms with Gasteiger partial charge < -0.3 is 5.73 Å². The van der Waals surface area contributed by atoms with Crippen molar-refractivity contribution in [2.45, 2.75) is 6.92 Å². The monoisotopic (exact) mass is 201 g/mol. The first-order chi connectivity index (χ1) is 7.22. The third-order valence-corrected chi connectivity index (χ3v) is 2.29. The second-order valence-electron chi connectivity index (χ2n) is 3.32. The number of rotatable bonds is 2. The van der Waals surface area contributed by atoms with Crippen LogP contribution in [0, 0.1) is 6.92 Å². The smallest absolute Gasteiger partial charge is 0.178 e. The summed E-state index contributed by atoms with van der Waals surface area (Å²) >= 11 is 0. The molecule has 0 saturated carbocycles. The Bertz CT molecular complexity index is 522. The maximum Gasteiger partial charge on any atom is 0.178 e. The summed E-state index contributed by atoms with van der Waals surface area (Å²) in [5.41, 5.74) is 7.46. The molecule has 0 unspecified atom stereocenters. The van der Waals surface area contributed by atoms with Gasteiger partial charge in [0.2, 0.25) is 0 Å². The summed E-state index contributed by atoms with van der Waals surface area (Å²) in [4.78, 5) is 19.8. The summed E-state index contributed by atoms with van der Waals surface area (Å²) < 4.78 is 0. The zero-order valence-corrected chi connectivity index (χ0v) is 8.40. The fraction of sp³-hybridized carbons (Fsp3) is 0.182. The lowest BCUT2D eigenvalue weighted by molar-refractivity contribution is 0.100. The summed E-state index contributed by atoms with van der Waals surface area (Å²) in [6, 6.07) is 3.61. The van der Waals surface area contributed by atoms with Crippen LogP contribution in [0.3, 0.4) is 0 Å². The van der Waals surface area contributed by atoms with Crippen molar-refractivity contribution in [3.8, 4) is 0 Å². The predicted octanol–water partition coefficient (Wildman–Crippen LogP) is 1.08. The van der Waals surface area contributed by atoms with Gasteiger partial charge in [-0.2, -0.15) is 0 Å². The fourth-order valence-electron chi connectivity index (χ4n) is 1.51. The van der Waals surface area contributed by atoms with E-state index < -0.39 is 0 Å². The first-order valence-corrected chi connectivity index (χ1v) is 4.67. The van der Waals surface area contributed by atoms with Crippen LogP contribution in [0.4, 0.5) is 0 Å². The standard InChI is InChI=1S/C11H11N3O/c1-7-9(11(15)5-12)4-8-6-13-3-2-10(8)14-7/h2-4,6H,5,12H2,1H3. The number of hydrogen-bond donors (Lipinski definition) is 1. The van der Waals surface area contributed by atoms with Crippen molar-refractivity contribution < 1.29 is 4.79 Å². The number of aromatic nitrogens is 2. The number of aryl methyl sites for hydroxylation is 1. The first kappa shape index (κ1) is 9.73. The molecule has 0 amide bonds. The topological polar surface area (TPSA) is 68.9 Å². The summed E-state index contributed by atoms with van der Waals surface area (Å²) in [6.45, 7) is 1.82. The average Bonchev–Trinajstić information content (AvgIpc) is 2.27. The Kier molecular flexibility index (Phi) is 2.43. The molecule has 0 bridgehead atoms. The van der Waals surface area contributed by atoms with Crippen molar-refractivity contribution in [3.05, 3.63) is 35.8 Å². The third kappa shape index (κ3) is 1.71. The highest BCUT2D eigenvalue weighted by molar-refractivity contribution is 6.01. The summed E-state index contributed by atoms with van der Waals surface area (Å²) in [6.07, 6.45) is 3.37. The lowest BCUT2D eigenvalue weighted by Crippen LogP contribution is -2.15. The number of carbonyl (C=O) groups excluding carboxylic acids is 1. The van der Waals surface area contributed by atoms with E-state index in [1.54, 1.807) is 18.5 Å². The normalized spacial score (nSPS) is 10.5. The molecular formula is C11H11N3O. The van der Waals surface area contributed by atoms with Crippen LogP contribution in [0.15, 0.2) is 24.5 Å². The van der Waals surface area contributed by atoms with Crippen LogP contribution in [0.1, 0.15) is 16.1 Å². The van der Waals surface area contributed by atoms with Crippen LogP contribution in [0.5, 0.6) is 0 Å². The Hall–Kier alpha value is -1.81. The summed E-state index contributed by atoms with van der Waals surface area (Å²) in [5.74, 6) is -0.0919. The molecule has 0 spiro atoms. The number of carbonyl (C=O) groups is 1. The second-order valence-corrected chi connectivity index (χ2v) is 3.32. The van der Waals surface area contributed by atoms with Gasteiger partial charge in [-0.3, -0.25) is 14.8 Å². The maximum atomic E-state index is 11.5. The third-order valence-electron chi connectivity index (χ3n) is 2.29. The highest BCUT2D eigenvalue weighted by Crippen LogP contribution is 2.15. The van der Waals surface area contributed by atoms with E-state index in [9.17, 15) is 4.79 Å². The van der Waals surface area contributed by atoms with Gasteiger partial charge in [-0.15, -0.1) is 0 Å². The lowest BCUT2D eigenvalue weighted by Gasteiger charge is -2.04. The molecule has 0 fully saturated rings. The van der Waals surface area contributed by atoms with Crippen LogP contribution >= 0.6 is 0 Å². The van der Waals surface area contributed by atoms with Crippen molar-refractivity contribution in [1.29, 1.82) is 0 Å². The Morgan fingerprint density at radius 2 is 2.33 bits per heavy atom. The molecule has 76 valence electrons. The van der Waals surface area contributed by atoms with Crippen molar-refractivity contribution >= 4 is 16.7 Å². The number of pyridine rings is 2. The minimum Gasteiger partial charge on any atom is -0.324 e. The second kappa shape index (κ2) is 3.74. The Labute approximate surface area is 87.1 Å². The van der Waals surface area contributed by atoms with E-state index in [2.05, 4.69) is 9.97 Å². The largest absolute Gasteiger partial charge is 0.324 e. The van der Waals surface area contributed by atoms with Crippen molar-refractivity contribution in [3.63, 3.8) is 0 Å². The zero-order valence-electron chi connectivity index (χ0n) is 8.40. The van der Waals surface area contributed by atoms with Gasteiger partial charge >= 0.3 is 0 Å². The lowest BCUT2D eigenvalue weighted by atomic mass is 10.1. The van der Waals surface area contributed by atoms with Gasteiger partial charge in [0.15, 0.2) is 5.78 Å². The number of nitrogens with zero attached hydrogens (tertiary/aromatic N) is 2. The van der Waals surface area contributed by atoms with E-state index in [-0.39, 0.29) is 12.3 Å². The fourth-order valence-corrected chi connectivity index (χ4v) is 1.51. The van der Waals surface area contributed by atoms with E-state index in [0.29, 0.717) is 11.3 Å². The molecule has 2 aromatic heterocycles. The molecule has 0 aromatic carbocycles. The molecule has 2 heterocycles. The molecule has 0 atom stereocenters. The van der Waals surface area contributed by atoms with Crippen molar-refractivity contribution in [2.24, 2.45) is 5.73 Å². The van der Waals surface area contributed by atoms with Crippen LogP contribution in [0.2, 0.25) is 0 Å². The number of ketones is 1. The molecule has 2 N–H and O–H groups in total. The molecule has 2 aromatic rings. The molecule has 4 nitrogen and oxygen atoms in total. The van der Waals surface area contributed by atoms with Crippen LogP contribution in [-0.4, -0.2) is 22.3 Å². The summed E-state index contributed by atoms with van der Waals surface area (Å²) in [5, 5.41) is 0.861. The molecule has 0 saturated heterocycles. The number of nitrogens with two attached hydrogens (primary N) is 1. The quantitative estimate of drug-likeness (QED) is 0.738. The highest BCUT2D eigenvalue weighted by atomic mass is 16.1. The van der Waals surface area contributed by atoms with Crippen LogP contribution < -0.4 is 5.73 Å². The predicted molar refractivity (Wildman–Crippen MR) is 57.7 cm³/mol. The van der Waals surface area contributed by atoms with E-state index >= 15 is 0 Å². The van der Waals surface area contributed by atoms with Crippen molar-refractivity contribution in [1.82, 2.24) is 9.97 Å². The molecule has 15 heavy (non-hydrogen) atoms. The van der Waals surface area contributed by atoms with Gasteiger partial charge in [0.1, 0.15) is 0 Å². The van der Waals surface area contributed by atoms with Crippen LogP contribution in [-0.2, 0) is 0 Å². The average molecular weight is 201 g/mol. The van der Waals surface area contributed by atoms with Gasteiger partial charge in [-0.1, -0.05) is 0 Å².